The zero-order valence-electron chi connectivity index (χ0n) is 26.3. The molecular weight excluding hydrogens is 613 g/mol. The number of carbonyl (C=O) groups is 1. The number of nitrogens with one attached hydrogen (secondary N) is 1. The first-order valence-corrected chi connectivity index (χ1v) is 15.6. The minimum Gasteiger partial charge on any atom is -0.494 e. The molecule has 4 aromatic carbocycles. The van der Waals surface area contributed by atoms with Crippen molar-refractivity contribution in [2.24, 2.45) is 0 Å². The number of rotatable bonds is 13. The summed E-state index contributed by atoms with van der Waals surface area (Å²) in [4.78, 5) is 10.6. The summed E-state index contributed by atoms with van der Waals surface area (Å²) < 4.78 is 56.5. The van der Waals surface area contributed by atoms with E-state index in [4.69, 9.17) is 21.1 Å². The zero-order valence-corrected chi connectivity index (χ0v) is 27.0. The number of hydrogen-bond acceptors (Lipinski definition) is 4. The molecule has 1 amide bonds. The molecule has 4 rings (SSSR count). The molecule has 0 aliphatic carbocycles. The monoisotopic (exact) mass is 652 g/mol. The Morgan fingerprint density at radius 2 is 1.39 bits per heavy atom. The summed E-state index contributed by atoms with van der Waals surface area (Å²) in [5.74, 6) is 0.166. The van der Waals surface area contributed by atoms with Crippen molar-refractivity contribution in [2.45, 2.75) is 56.4 Å². The highest BCUT2D eigenvalue weighted by molar-refractivity contribution is 6.24. The van der Waals surface area contributed by atoms with Crippen molar-refractivity contribution >= 4 is 17.7 Å². The summed E-state index contributed by atoms with van der Waals surface area (Å²) in [5, 5.41) is 2.71. The van der Waals surface area contributed by atoms with Gasteiger partial charge in [-0.2, -0.15) is 13.2 Å². The van der Waals surface area contributed by atoms with E-state index in [2.05, 4.69) is 5.32 Å². The molecule has 0 spiro atoms. The first-order valence-electron chi connectivity index (χ1n) is 15.2. The molecule has 0 aromatic heterocycles. The van der Waals surface area contributed by atoms with E-state index in [1.807, 2.05) is 66.7 Å². The van der Waals surface area contributed by atoms with Crippen LogP contribution in [0.2, 0.25) is 0 Å². The van der Waals surface area contributed by atoms with Crippen LogP contribution in [-0.4, -0.2) is 42.5 Å². The normalized spacial score (nSPS) is 13.3. The largest absolute Gasteiger partial charge is 0.494 e. The fourth-order valence-corrected chi connectivity index (χ4v) is 5.51. The lowest BCUT2D eigenvalue weighted by Gasteiger charge is -2.42. The Balaban J connectivity index is 1.54. The number of amides is 1. The Bertz CT molecular complexity index is 1480. The molecule has 244 valence electrons. The van der Waals surface area contributed by atoms with Gasteiger partial charge >= 0.3 is 12.3 Å². The number of benzene rings is 4. The van der Waals surface area contributed by atoms with Crippen LogP contribution < -0.4 is 10.1 Å². The molecule has 46 heavy (non-hydrogen) atoms. The topological polar surface area (TPSA) is 50.8 Å². The Morgan fingerprint density at radius 3 is 1.93 bits per heavy atom. The molecule has 4 aromatic rings. The van der Waals surface area contributed by atoms with Gasteiger partial charge in [0.1, 0.15) is 11.4 Å². The van der Waals surface area contributed by atoms with Crippen LogP contribution in [0.25, 0.3) is 0 Å². The molecule has 0 aliphatic rings. The zero-order chi connectivity index (χ0) is 33.2. The molecule has 0 saturated heterocycles. The Kier molecular flexibility index (Phi) is 11.8. The summed E-state index contributed by atoms with van der Waals surface area (Å²) >= 11 is 6.76. The summed E-state index contributed by atoms with van der Waals surface area (Å²) in [6.07, 6.45) is -5.05. The average Bonchev–Trinajstić information content (AvgIpc) is 3.03. The first kappa shape index (κ1) is 34.9. The number of hydrogen-bond donors (Lipinski definition) is 1. The SMILES string of the molecule is CC(C)(C)OC(=O)NCc1cccc(OCCCN(CC(c2ccccc2)c2ccccc2)C(Cl)(c2ccccc2)C(F)(F)F)c1. The first-order chi connectivity index (χ1) is 21.9. The molecule has 5 nitrogen and oxygen atoms in total. The minimum atomic E-state index is -4.79. The van der Waals surface area contributed by atoms with E-state index in [1.165, 1.54) is 17.0 Å². The fraction of sp³-hybridized carbons (Fsp3) is 0.324. The quantitative estimate of drug-likeness (QED) is 0.0889. The van der Waals surface area contributed by atoms with Gasteiger partial charge < -0.3 is 14.8 Å². The summed E-state index contributed by atoms with van der Waals surface area (Å²) in [6, 6.07) is 33.8. The van der Waals surface area contributed by atoms with E-state index in [1.54, 1.807) is 57.2 Å². The van der Waals surface area contributed by atoms with Gasteiger partial charge in [0, 0.05) is 25.6 Å². The van der Waals surface area contributed by atoms with E-state index in [-0.39, 0.29) is 44.1 Å². The predicted molar refractivity (Wildman–Crippen MR) is 176 cm³/mol. The second-order valence-corrected chi connectivity index (χ2v) is 12.6. The van der Waals surface area contributed by atoms with Crippen molar-refractivity contribution in [3.8, 4) is 5.75 Å². The van der Waals surface area contributed by atoms with Gasteiger partial charge in [-0.15, -0.1) is 0 Å². The second-order valence-electron chi connectivity index (χ2n) is 12.0. The number of ether oxygens (including phenoxy) is 2. The number of alkyl carbamates (subject to hydrolysis) is 1. The van der Waals surface area contributed by atoms with Crippen LogP contribution in [0.4, 0.5) is 18.0 Å². The van der Waals surface area contributed by atoms with Gasteiger partial charge in [0.2, 0.25) is 5.00 Å². The molecule has 0 fully saturated rings. The molecule has 0 bridgehead atoms. The van der Waals surface area contributed by atoms with E-state index in [9.17, 15) is 4.79 Å². The summed E-state index contributed by atoms with van der Waals surface area (Å²) in [6.45, 7) is 5.77. The molecule has 1 N–H and O–H groups in total. The van der Waals surface area contributed by atoms with Crippen molar-refractivity contribution in [3.63, 3.8) is 0 Å². The average molecular weight is 653 g/mol. The van der Waals surface area contributed by atoms with E-state index >= 15 is 13.2 Å². The summed E-state index contributed by atoms with van der Waals surface area (Å²) in [5.41, 5.74) is 1.91. The van der Waals surface area contributed by atoms with Gasteiger partial charge in [-0.3, -0.25) is 4.90 Å². The number of halogens is 4. The van der Waals surface area contributed by atoms with Gasteiger partial charge in [0.15, 0.2) is 0 Å². The second kappa shape index (κ2) is 15.5. The third kappa shape index (κ3) is 9.50. The molecule has 0 heterocycles. The molecule has 0 aliphatic heterocycles. The van der Waals surface area contributed by atoms with Crippen LogP contribution in [0.15, 0.2) is 115 Å². The van der Waals surface area contributed by atoms with Gasteiger partial charge in [-0.05, 0) is 61.6 Å². The summed E-state index contributed by atoms with van der Waals surface area (Å²) in [7, 11) is 0. The van der Waals surface area contributed by atoms with Crippen LogP contribution >= 0.6 is 11.6 Å². The molecule has 1 unspecified atom stereocenters. The van der Waals surface area contributed by atoms with E-state index in [0.717, 1.165) is 16.7 Å². The third-order valence-electron chi connectivity index (χ3n) is 7.35. The lowest BCUT2D eigenvalue weighted by Crippen LogP contribution is -2.54. The maximum Gasteiger partial charge on any atom is 0.425 e. The maximum absolute atomic E-state index is 15.1. The highest BCUT2D eigenvalue weighted by Gasteiger charge is 2.59. The molecule has 0 radical (unpaired) electrons. The molecule has 9 heteroatoms. The van der Waals surface area contributed by atoms with Crippen LogP contribution in [0.1, 0.15) is 55.4 Å². The van der Waals surface area contributed by atoms with Crippen LogP contribution in [0.5, 0.6) is 5.75 Å². The Labute approximate surface area is 274 Å². The van der Waals surface area contributed by atoms with Gasteiger partial charge in [-0.25, -0.2) is 4.79 Å². The van der Waals surface area contributed by atoms with E-state index in [0.29, 0.717) is 5.75 Å². The van der Waals surface area contributed by atoms with Gasteiger partial charge in [0.05, 0.1) is 6.61 Å². The minimum absolute atomic E-state index is 0.00790. The lowest BCUT2D eigenvalue weighted by atomic mass is 9.89. The molecule has 1 atom stereocenters. The van der Waals surface area contributed by atoms with Crippen LogP contribution in [0.3, 0.4) is 0 Å². The van der Waals surface area contributed by atoms with Gasteiger partial charge in [0.25, 0.3) is 0 Å². The smallest absolute Gasteiger partial charge is 0.425 e. The standard InChI is InChI=1S/C37H40ClF3N2O3/c1-35(2,3)46-34(44)42-26-28-15-13-22-32(25-28)45-24-14-23-43(36(38,37(39,40)41)31-20-11-6-12-21-31)27-33(29-16-7-4-8-17-29)30-18-9-5-10-19-30/h4-13,15-22,25,33H,14,23-24,26-27H2,1-3H3,(H,42,44). The Morgan fingerprint density at radius 1 is 0.826 bits per heavy atom. The van der Waals surface area contributed by atoms with Gasteiger partial charge in [-0.1, -0.05) is 115 Å². The van der Waals surface area contributed by atoms with Crippen molar-refractivity contribution < 1.29 is 27.4 Å². The molecular formula is C37H40ClF3N2O3. The fourth-order valence-electron chi connectivity index (χ4n) is 5.23. The third-order valence-corrected chi connectivity index (χ3v) is 8.02. The van der Waals surface area contributed by atoms with Crippen molar-refractivity contribution in [3.05, 3.63) is 138 Å². The van der Waals surface area contributed by atoms with Crippen molar-refractivity contribution in [1.29, 1.82) is 0 Å². The maximum atomic E-state index is 15.1. The lowest BCUT2D eigenvalue weighted by molar-refractivity contribution is -0.206. The Hall–Kier alpha value is -4.01. The van der Waals surface area contributed by atoms with Crippen molar-refractivity contribution in [1.82, 2.24) is 10.2 Å². The van der Waals surface area contributed by atoms with Crippen LogP contribution in [0, 0.1) is 0 Å². The number of nitrogens with zero attached hydrogens (tertiary/aromatic N) is 1. The molecule has 0 saturated carbocycles. The highest BCUT2D eigenvalue weighted by Crippen LogP contribution is 2.48. The van der Waals surface area contributed by atoms with E-state index < -0.39 is 22.9 Å². The van der Waals surface area contributed by atoms with Crippen molar-refractivity contribution in [2.75, 3.05) is 19.7 Å². The predicted octanol–water partition coefficient (Wildman–Crippen LogP) is 9.27. The number of alkyl halides is 4. The van der Waals surface area contributed by atoms with Crippen LogP contribution in [-0.2, 0) is 16.3 Å². The number of carbonyl (C=O) groups excluding carboxylic acids is 1. The highest BCUT2D eigenvalue weighted by atomic mass is 35.5.